The normalized spacial score (nSPS) is 15.2. The van der Waals surface area contributed by atoms with Crippen LogP contribution in [0.4, 0.5) is 11.4 Å². The van der Waals surface area contributed by atoms with E-state index in [9.17, 15) is 14.9 Å². The number of piperazine rings is 1. The number of carbonyl (C=O) groups excluding carboxylic acids is 1. The molecule has 148 valence electrons. The molecule has 0 aliphatic carbocycles. The number of aryl methyl sites for hydroxylation is 1. The van der Waals surface area contributed by atoms with Gasteiger partial charge >= 0.3 is 0 Å². The molecule has 1 amide bonds. The van der Waals surface area contributed by atoms with Gasteiger partial charge in [0.25, 0.3) is 11.6 Å². The monoisotopic (exact) mass is 403 g/mol. The van der Waals surface area contributed by atoms with Gasteiger partial charge in [-0.25, -0.2) is 0 Å². The van der Waals surface area contributed by atoms with E-state index in [4.69, 9.17) is 16.3 Å². The fraction of sp³-hybridized carbons (Fsp3) is 0.350. The van der Waals surface area contributed by atoms with Crippen LogP contribution in [0.1, 0.15) is 12.5 Å². The molecule has 8 heteroatoms. The predicted octanol–water partition coefficient (Wildman–Crippen LogP) is 3.67. The second-order valence-electron chi connectivity index (χ2n) is 6.76. The van der Waals surface area contributed by atoms with Crippen molar-refractivity contribution in [3.63, 3.8) is 0 Å². The van der Waals surface area contributed by atoms with Crippen LogP contribution in [0.2, 0.25) is 5.02 Å². The number of benzene rings is 2. The molecule has 1 aliphatic rings. The number of rotatable bonds is 5. The zero-order valence-electron chi connectivity index (χ0n) is 15.8. The first-order valence-electron chi connectivity index (χ1n) is 9.06. The summed E-state index contributed by atoms with van der Waals surface area (Å²) in [5.41, 5.74) is 1.88. The zero-order chi connectivity index (χ0) is 20.3. The van der Waals surface area contributed by atoms with Crippen molar-refractivity contribution in [2.24, 2.45) is 0 Å². The maximum atomic E-state index is 12.7. The Morgan fingerprint density at radius 2 is 1.79 bits per heavy atom. The second kappa shape index (κ2) is 8.48. The number of nitrogens with zero attached hydrogens (tertiary/aromatic N) is 3. The van der Waals surface area contributed by atoms with Gasteiger partial charge in [0.1, 0.15) is 5.75 Å². The highest BCUT2D eigenvalue weighted by Crippen LogP contribution is 2.23. The first-order chi connectivity index (χ1) is 13.3. The molecule has 0 saturated carbocycles. The average molecular weight is 404 g/mol. The van der Waals surface area contributed by atoms with E-state index in [1.165, 1.54) is 12.1 Å². The maximum Gasteiger partial charge on any atom is 0.269 e. The van der Waals surface area contributed by atoms with Crippen LogP contribution in [0.3, 0.4) is 0 Å². The molecule has 7 nitrogen and oxygen atoms in total. The number of nitro benzene ring substituents is 1. The molecule has 0 unspecified atom stereocenters. The van der Waals surface area contributed by atoms with Gasteiger partial charge in [-0.05, 0) is 49.7 Å². The second-order valence-corrected chi connectivity index (χ2v) is 7.16. The molecule has 0 radical (unpaired) electrons. The quantitative estimate of drug-likeness (QED) is 0.562. The predicted molar refractivity (Wildman–Crippen MR) is 108 cm³/mol. The highest BCUT2D eigenvalue weighted by Gasteiger charge is 2.26. The topological polar surface area (TPSA) is 75.9 Å². The Morgan fingerprint density at radius 1 is 1.14 bits per heavy atom. The van der Waals surface area contributed by atoms with Gasteiger partial charge in [0.15, 0.2) is 6.10 Å². The minimum Gasteiger partial charge on any atom is -0.481 e. The molecule has 0 aromatic heterocycles. The first-order valence-corrected chi connectivity index (χ1v) is 9.44. The molecule has 1 heterocycles. The largest absolute Gasteiger partial charge is 0.481 e. The molecule has 3 rings (SSSR count). The lowest BCUT2D eigenvalue weighted by atomic mass is 10.2. The van der Waals surface area contributed by atoms with Gasteiger partial charge in [-0.3, -0.25) is 14.9 Å². The minimum absolute atomic E-state index is 0.0593. The Bertz CT molecular complexity index is 864. The van der Waals surface area contributed by atoms with Gasteiger partial charge in [0, 0.05) is 49.0 Å². The number of hydrogen-bond donors (Lipinski definition) is 0. The van der Waals surface area contributed by atoms with Crippen LogP contribution in [-0.2, 0) is 4.79 Å². The molecule has 0 spiro atoms. The summed E-state index contributed by atoms with van der Waals surface area (Å²) in [4.78, 5) is 27.0. The number of halogens is 1. The lowest BCUT2D eigenvalue weighted by molar-refractivity contribution is -0.384. The highest BCUT2D eigenvalue weighted by molar-refractivity contribution is 6.31. The van der Waals surface area contributed by atoms with Gasteiger partial charge < -0.3 is 14.5 Å². The highest BCUT2D eigenvalue weighted by atomic mass is 35.5. The van der Waals surface area contributed by atoms with Crippen LogP contribution >= 0.6 is 11.6 Å². The van der Waals surface area contributed by atoms with E-state index in [1.807, 2.05) is 13.0 Å². The molecule has 2 aromatic rings. The molecule has 1 saturated heterocycles. The third-order valence-electron chi connectivity index (χ3n) is 4.81. The van der Waals surface area contributed by atoms with E-state index >= 15 is 0 Å². The number of non-ortho nitro benzene ring substituents is 1. The molecular formula is C20H22ClN3O4. The summed E-state index contributed by atoms with van der Waals surface area (Å²) in [7, 11) is 0. The Kier molecular flexibility index (Phi) is 6.04. The molecule has 28 heavy (non-hydrogen) atoms. The van der Waals surface area contributed by atoms with E-state index in [0.29, 0.717) is 37.0 Å². The smallest absolute Gasteiger partial charge is 0.269 e. The molecule has 2 aromatic carbocycles. The van der Waals surface area contributed by atoms with Crippen molar-refractivity contribution in [1.82, 2.24) is 4.90 Å². The van der Waals surface area contributed by atoms with Crippen molar-refractivity contribution in [2.45, 2.75) is 20.0 Å². The number of amides is 1. The molecule has 1 fully saturated rings. The summed E-state index contributed by atoms with van der Waals surface area (Å²) in [5, 5.41) is 11.4. The van der Waals surface area contributed by atoms with E-state index in [2.05, 4.69) is 4.90 Å². The minimum atomic E-state index is -0.591. The number of anilines is 1. The lowest BCUT2D eigenvalue weighted by Gasteiger charge is -2.37. The van der Waals surface area contributed by atoms with Crippen molar-refractivity contribution in [1.29, 1.82) is 0 Å². The van der Waals surface area contributed by atoms with Crippen LogP contribution in [0.25, 0.3) is 0 Å². The third-order valence-corrected chi connectivity index (χ3v) is 5.23. The van der Waals surface area contributed by atoms with E-state index in [1.54, 1.807) is 36.1 Å². The maximum absolute atomic E-state index is 12.7. The van der Waals surface area contributed by atoms with Gasteiger partial charge in [0.05, 0.1) is 4.92 Å². The Balaban J connectivity index is 1.55. The van der Waals surface area contributed by atoms with Crippen molar-refractivity contribution in [3.05, 3.63) is 63.2 Å². The van der Waals surface area contributed by atoms with Crippen LogP contribution < -0.4 is 9.64 Å². The Hall–Kier alpha value is -2.80. The first kappa shape index (κ1) is 19.9. The zero-order valence-corrected chi connectivity index (χ0v) is 16.6. The van der Waals surface area contributed by atoms with Crippen LogP contribution in [0.15, 0.2) is 42.5 Å². The molecule has 1 atom stereocenters. The summed E-state index contributed by atoms with van der Waals surface area (Å²) in [6.07, 6.45) is -0.591. The van der Waals surface area contributed by atoms with Crippen molar-refractivity contribution < 1.29 is 14.5 Å². The fourth-order valence-corrected chi connectivity index (χ4v) is 3.29. The van der Waals surface area contributed by atoms with Crippen LogP contribution in [0, 0.1) is 17.0 Å². The third kappa shape index (κ3) is 4.54. The summed E-state index contributed by atoms with van der Waals surface area (Å²) >= 11 is 6.02. The SMILES string of the molecule is Cc1cc(O[C@@H](C)C(=O)N2CCN(c3ccc([N+](=O)[O-])cc3)CC2)ccc1Cl. The van der Waals surface area contributed by atoms with E-state index in [-0.39, 0.29) is 11.6 Å². The molecular weight excluding hydrogens is 382 g/mol. The van der Waals surface area contributed by atoms with E-state index in [0.717, 1.165) is 11.3 Å². The summed E-state index contributed by atoms with van der Waals surface area (Å²) < 4.78 is 5.78. The van der Waals surface area contributed by atoms with Crippen molar-refractivity contribution in [3.8, 4) is 5.75 Å². The number of nitro groups is 1. The Morgan fingerprint density at radius 3 is 2.36 bits per heavy atom. The Labute approximate surface area is 168 Å². The van der Waals surface area contributed by atoms with Crippen molar-refractivity contribution in [2.75, 3.05) is 31.1 Å². The number of ether oxygens (including phenoxy) is 1. The van der Waals surface area contributed by atoms with Gasteiger partial charge in [-0.15, -0.1) is 0 Å². The average Bonchev–Trinajstić information content (AvgIpc) is 2.70. The molecule has 0 N–H and O–H groups in total. The number of hydrogen-bond acceptors (Lipinski definition) is 5. The standard InChI is InChI=1S/C20H22ClN3O4/c1-14-13-18(7-8-19(14)21)28-15(2)20(25)23-11-9-22(10-12-23)16-3-5-17(6-4-16)24(26)27/h3-8,13,15H,9-12H2,1-2H3/t15-/m0/s1. The van der Waals surface area contributed by atoms with Crippen LogP contribution in [-0.4, -0.2) is 48.0 Å². The van der Waals surface area contributed by atoms with Gasteiger partial charge in [-0.1, -0.05) is 11.6 Å². The van der Waals surface area contributed by atoms with Crippen LogP contribution in [0.5, 0.6) is 5.75 Å². The van der Waals surface area contributed by atoms with Gasteiger partial charge in [-0.2, -0.15) is 0 Å². The van der Waals surface area contributed by atoms with Crippen molar-refractivity contribution >= 4 is 28.9 Å². The summed E-state index contributed by atoms with van der Waals surface area (Å²) in [6, 6.07) is 11.8. The molecule has 0 bridgehead atoms. The number of carbonyl (C=O) groups is 1. The van der Waals surface area contributed by atoms with Gasteiger partial charge in [0.2, 0.25) is 0 Å². The summed E-state index contributed by atoms with van der Waals surface area (Å²) in [6.45, 7) is 6.10. The fourth-order valence-electron chi connectivity index (χ4n) is 3.17. The lowest BCUT2D eigenvalue weighted by Crippen LogP contribution is -2.52. The van der Waals surface area contributed by atoms with E-state index < -0.39 is 11.0 Å². The summed E-state index contributed by atoms with van der Waals surface area (Å²) in [5.74, 6) is 0.559. The molecule has 1 aliphatic heterocycles.